The van der Waals surface area contributed by atoms with E-state index < -0.39 is 0 Å². The zero-order valence-electron chi connectivity index (χ0n) is 13.9. The van der Waals surface area contributed by atoms with Crippen molar-refractivity contribution in [2.24, 2.45) is 5.92 Å². The molecular formula is C18H26N2O3. The minimum absolute atomic E-state index is 0.109. The van der Waals surface area contributed by atoms with Crippen LogP contribution in [0.4, 0.5) is 5.69 Å². The summed E-state index contributed by atoms with van der Waals surface area (Å²) in [5.41, 5.74) is 1.18. The molecule has 1 fully saturated rings. The normalized spacial score (nSPS) is 17.3. The van der Waals surface area contributed by atoms with E-state index in [0.29, 0.717) is 30.3 Å². The number of anilines is 1. The number of amides is 2. The Labute approximate surface area is 137 Å². The fourth-order valence-electron chi connectivity index (χ4n) is 2.56. The molecule has 1 saturated heterocycles. The zero-order chi connectivity index (χ0) is 16.7. The summed E-state index contributed by atoms with van der Waals surface area (Å²) >= 11 is 0. The minimum atomic E-state index is -0.372. The average Bonchev–Trinajstić information content (AvgIpc) is 3.06. The summed E-state index contributed by atoms with van der Waals surface area (Å²) in [6.45, 7) is 5.64. The Morgan fingerprint density at radius 1 is 1.35 bits per heavy atom. The molecule has 126 valence electrons. The first-order valence-electron chi connectivity index (χ1n) is 8.37. The summed E-state index contributed by atoms with van der Waals surface area (Å²) in [4.78, 5) is 24.2. The van der Waals surface area contributed by atoms with Crippen LogP contribution < -0.4 is 10.6 Å². The molecule has 2 amide bonds. The Hall–Kier alpha value is -1.88. The highest BCUT2D eigenvalue weighted by molar-refractivity contribution is 5.98. The van der Waals surface area contributed by atoms with Gasteiger partial charge in [-0.3, -0.25) is 9.59 Å². The third kappa shape index (κ3) is 5.67. The van der Waals surface area contributed by atoms with Crippen LogP contribution in [0.1, 0.15) is 49.9 Å². The van der Waals surface area contributed by atoms with Crippen molar-refractivity contribution in [3.63, 3.8) is 0 Å². The number of ether oxygens (including phenoxy) is 1. The molecule has 0 spiro atoms. The highest BCUT2D eigenvalue weighted by Crippen LogP contribution is 2.16. The molecule has 1 aliphatic rings. The summed E-state index contributed by atoms with van der Waals surface area (Å²) in [6.07, 6.45) is 3.36. The molecule has 0 radical (unpaired) electrons. The number of carbonyl (C=O) groups excluding carboxylic acids is 2. The maximum Gasteiger partial charge on any atom is 0.253 e. The Morgan fingerprint density at radius 2 is 2.17 bits per heavy atom. The molecule has 23 heavy (non-hydrogen) atoms. The first-order chi connectivity index (χ1) is 11.1. The van der Waals surface area contributed by atoms with Crippen molar-refractivity contribution in [1.29, 1.82) is 0 Å². The van der Waals surface area contributed by atoms with Gasteiger partial charge in [0, 0.05) is 24.4 Å². The maximum atomic E-state index is 12.1. The molecule has 0 saturated carbocycles. The van der Waals surface area contributed by atoms with E-state index in [1.165, 1.54) is 0 Å². The highest BCUT2D eigenvalue weighted by Gasteiger charge is 2.23. The van der Waals surface area contributed by atoms with Crippen molar-refractivity contribution in [1.82, 2.24) is 5.32 Å². The minimum Gasteiger partial charge on any atom is -0.368 e. The van der Waals surface area contributed by atoms with Crippen molar-refractivity contribution in [3.8, 4) is 0 Å². The second-order valence-electron chi connectivity index (χ2n) is 6.36. The van der Waals surface area contributed by atoms with Gasteiger partial charge in [-0.15, -0.1) is 0 Å². The maximum absolute atomic E-state index is 12.1. The lowest BCUT2D eigenvalue weighted by molar-refractivity contribution is -0.124. The van der Waals surface area contributed by atoms with E-state index in [1.54, 1.807) is 24.3 Å². The van der Waals surface area contributed by atoms with Crippen LogP contribution in [0.15, 0.2) is 24.3 Å². The van der Waals surface area contributed by atoms with Crippen LogP contribution in [0, 0.1) is 5.92 Å². The van der Waals surface area contributed by atoms with Crippen LogP contribution in [0.25, 0.3) is 0 Å². The molecule has 0 aromatic heterocycles. The number of hydrogen-bond donors (Lipinski definition) is 2. The van der Waals surface area contributed by atoms with Gasteiger partial charge in [0.2, 0.25) is 0 Å². The van der Waals surface area contributed by atoms with Gasteiger partial charge in [-0.25, -0.2) is 0 Å². The molecule has 5 nitrogen and oxygen atoms in total. The molecule has 5 heteroatoms. The molecule has 1 aliphatic heterocycles. The zero-order valence-corrected chi connectivity index (χ0v) is 13.9. The lowest BCUT2D eigenvalue weighted by atomic mass is 10.1. The topological polar surface area (TPSA) is 67.4 Å². The third-order valence-corrected chi connectivity index (χ3v) is 3.86. The second kappa shape index (κ2) is 8.67. The smallest absolute Gasteiger partial charge is 0.253 e. The van der Waals surface area contributed by atoms with Crippen LogP contribution in [-0.4, -0.2) is 31.1 Å². The molecule has 1 aromatic carbocycles. The Kier molecular flexibility index (Phi) is 6.59. The molecule has 0 aliphatic carbocycles. The van der Waals surface area contributed by atoms with Crippen LogP contribution in [-0.2, 0) is 9.53 Å². The Morgan fingerprint density at radius 3 is 2.87 bits per heavy atom. The predicted octanol–water partition coefficient (Wildman–Crippen LogP) is 2.97. The fraction of sp³-hybridized carbons (Fsp3) is 0.556. The largest absolute Gasteiger partial charge is 0.368 e. The molecule has 1 unspecified atom stereocenters. The predicted molar refractivity (Wildman–Crippen MR) is 90.5 cm³/mol. The van der Waals surface area contributed by atoms with E-state index in [0.717, 1.165) is 25.7 Å². The van der Waals surface area contributed by atoms with Gasteiger partial charge in [-0.05, 0) is 49.8 Å². The van der Waals surface area contributed by atoms with Gasteiger partial charge in [0.05, 0.1) is 0 Å². The number of benzene rings is 1. The molecule has 1 atom stereocenters. The van der Waals surface area contributed by atoms with Crippen molar-refractivity contribution >= 4 is 17.5 Å². The van der Waals surface area contributed by atoms with Gasteiger partial charge in [0.15, 0.2) is 0 Å². The van der Waals surface area contributed by atoms with Crippen molar-refractivity contribution in [2.75, 3.05) is 18.5 Å². The molecule has 2 N–H and O–H groups in total. The quantitative estimate of drug-likeness (QED) is 0.760. The number of carbonyl (C=O) groups is 2. The monoisotopic (exact) mass is 318 g/mol. The van der Waals surface area contributed by atoms with Gasteiger partial charge in [-0.2, -0.15) is 0 Å². The summed E-state index contributed by atoms with van der Waals surface area (Å²) in [7, 11) is 0. The second-order valence-corrected chi connectivity index (χ2v) is 6.36. The van der Waals surface area contributed by atoms with E-state index >= 15 is 0 Å². The lowest BCUT2D eigenvalue weighted by Crippen LogP contribution is -2.27. The van der Waals surface area contributed by atoms with E-state index in [1.807, 2.05) is 0 Å². The first kappa shape index (κ1) is 17.5. The van der Waals surface area contributed by atoms with Crippen molar-refractivity contribution in [2.45, 2.75) is 45.6 Å². The molecule has 0 bridgehead atoms. The van der Waals surface area contributed by atoms with Gasteiger partial charge >= 0.3 is 0 Å². The molecule has 2 rings (SSSR count). The summed E-state index contributed by atoms with van der Waals surface area (Å²) in [5.74, 6) is 0.391. The fourth-order valence-corrected chi connectivity index (χ4v) is 2.56. The van der Waals surface area contributed by atoms with Gasteiger partial charge in [-0.1, -0.05) is 19.9 Å². The third-order valence-electron chi connectivity index (χ3n) is 3.86. The highest BCUT2D eigenvalue weighted by atomic mass is 16.5. The van der Waals surface area contributed by atoms with E-state index in [9.17, 15) is 9.59 Å². The van der Waals surface area contributed by atoms with Crippen molar-refractivity contribution < 1.29 is 14.3 Å². The van der Waals surface area contributed by atoms with Crippen LogP contribution in [0.2, 0.25) is 0 Å². The van der Waals surface area contributed by atoms with Gasteiger partial charge in [0.1, 0.15) is 6.10 Å². The van der Waals surface area contributed by atoms with E-state index in [-0.39, 0.29) is 17.9 Å². The average molecular weight is 318 g/mol. The summed E-state index contributed by atoms with van der Waals surface area (Å²) < 4.78 is 5.36. The van der Waals surface area contributed by atoms with Crippen LogP contribution in [0.5, 0.6) is 0 Å². The summed E-state index contributed by atoms with van der Waals surface area (Å²) in [5, 5.41) is 5.73. The summed E-state index contributed by atoms with van der Waals surface area (Å²) in [6, 6.07) is 7.00. The van der Waals surface area contributed by atoms with E-state index in [2.05, 4.69) is 24.5 Å². The standard InChI is InChI=1S/C18H26N2O3/c1-13(2)6-4-10-19-17(21)14-7-3-8-15(12-14)20-18(22)16-9-5-11-23-16/h3,7-8,12-13,16H,4-6,9-11H2,1-2H3,(H,19,21)(H,20,22). The Bertz CT molecular complexity index is 537. The van der Waals surface area contributed by atoms with Gasteiger partial charge in [0.25, 0.3) is 11.8 Å². The SMILES string of the molecule is CC(C)CCCNC(=O)c1cccc(NC(=O)C2CCCO2)c1. The van der Waals surface area contributed by atoms with Gasteiger partial charge < -0.3 is 15.4 Å². The first-order valence-corrected chi connectivity index (χ1v) is 8.37. The molecule has 1 aromatic rings. The van der Waals surface area contributed by atoms with Crippen LogP contribution >= 0.6 is 0 Å². The Balaban J connectivity index is 1.85. The molecular weight excluding hydrogens is 292 g/mol. The lowest BCUT2D eigenvalue weighted by Gasteiger charge is -2.11. The van der Waals surface area contributed by atoms with Crippen LogP contribution in [0.3, 0.4) is 0 Å². The van der Waals surface area contributed by atoms with Crippen molar-refractivity contribution in [3.05, 3.63) is 29.8 Å². The number of rotatable bonds is 7. The number of nitrogens with one attached hydrogen (secondary N) is 2. The molecule has 1 heterocycles. The van der Waals surface area contributed by atoms with E-state index in [4.69, 9.17) is 4.74 Å². The number of hydrogen-bond acceptors (Lipinski definition) is 3.